The molecule has 206 valence electrons. The molecule has 0 aliphatic carbocycles. The lowest BCUT2D eigenvalue weighted by molar-refractivity contribution is 0.445. The van der Waals surface area contributed by atoms with Crippen molar-refractivity contribution in [1.29, 1.82) is 0 Å². The Labute approximate surface area is 230 Å². The molecule has 0 spiro atoms. The van der Waals surface area contributed by atoms with Crippen molar-refractivity contribution in [3.63, 3.8) is 0 Å². The zero-order valence-electron chi connectivity index (χ0n) is 21.2. The van der Waals surface area contributed by atoms with Crippen LogP contribution in [0.4, 0.5) is 14.6 Å². The number of benzene rings is 3. The lowest BCUT2D eigenvalue weighted by Crippen LogP contribution is -2.17. The number of aromatic nitrogens is 4. The summed E-state index contributed by atoms with van der Waals surface area (Å²) < 4.78 is 60.2. The van der Waals surface area contributed by atoms with E-state index in [-0.39, 0.29) is 44.2 Å². The molecular weight excluding hydrogens is 554 g/mol. The summed E-state index contributed by atoms with van der Waals surface area (Å²) in [4.78, 5) is 22.1. The molecule has 3 aromatic carbocycles. The first-order valence-corrected chi connectivity index (χ1v) is 13.7. The number of nitrogens with zero attached hydrogens (tertiary/aromatic N) is 4. The standard InChI is InChI=1S/C28H20F2N6O4S/c1-14(26-21(16-4-2-5-17(29)12-16)25(37)22-19(30)6-3-7-20(22)40-26)36-28-23(27(31)33-13-34-28)24(35-36)15-8-10-18(11-9-15)41(32,38)39/h2-14H,1H3,(H2,31,33,34)(H2,32,38,39). The normalized spacial score (nSPS) is 12.7. The van der Waals surface area contributed by atoms with Gasteiger partial charge in [-0.3, -0.25) is 4.79 Å². The molecule has 0 bridgehead atoms. The molecule has 10 nitrogen and oxygen atoms in total. The molecular formula is C28H20F2N6O4S. The van der Waals surface area contributed by atoms with Crippen LogP contribution in [0.2, 0.25) is 0 Å². The van der Waals surface area contributed by atoms with Gasteiger partial charge in [-0.1, -0.05) is 30.3 Å². The van der Waals surface area contributed by atoms with E-state index in [1.807, 2.05) is 0 Å². The smallest absolute Gasteiger partial charge is 0.238 e. The van der Waals surface area contributed by atoms with Crippen molar-refractivity contribution in [1.82, 2.24) is 19.7 Å². The molecule has 6 rings (SSSR count). The van der Waals surface area contributed by atoms with Gasteiger partial charge in [0.25, 0.3) is 0 Å². The molecule has 0 amide bonds. The molecule has 6 aromatic rings. The highest BCUT2D eigenvalue weighted by atomic mass is 32.2. The van der Waals surface area contributed by atoms with Crippen LogP contribution in [0.3, 0.4) is 0 Å². The number of primary sulfonamides is 1. The van der Waals surface area contributed by atoms with E-state index in [1.165, 1.54) is 65.6 Å². The molecule has 13 heteroatoms. The summed E-state index contributed by atoms with van der Waals surface area (Å²) >= 11 is 0. The van der Waals surface area contributed by atoms with Crippen molar-refractivity contribution in [2.24, 2.45) is 5.14 Å². The van der Waals surface area contributed by atoms with Gasteiger partial charge in [0, 0.05) is 5.56 Å². The minimum absolute atomic E-state index is 0.00131. The van der Waals surface area contributed by atoms with E-state index in [2.05, 4.69) is 9.97 Å². The summed E-state index contributed by atoms with van der Waals surface area (Å²) in [6, 6.07) is 14.2. The molecule has 0 saturated heterocycles. The van der Waals surface area contributed by atoms with Gasteiger partial charge in [0.05, 0.1) is 15.8 Å². The highest BCUT2D eigenvalue weighted by Crippen LogP contribution is 2.36. The number of hydrogen-bond donors (Lipinski definition) is 2. The molecule has 0 radical (unpaired) electrons. The first kappa shape index (κ1) is 26.2. The quantitative estimate of drug-likeness (QED) is 0.307. The predicted molar refractivity (Wildman–Crippen MR) is 148 cm³/mol. The zero-order valence-corrected chi connectivity index (χ0v) is 22.1. The van der Waals surface area contributed by atoms with Crippen molar-refractivity contribution in [3.8, 4) is 22.4 Å². The summed E-state index contributed by atoms with van der Waals surface area (Å²) in [5.41, 5.74) is 6.79. The van der Waals surface area contributed by atoms with Gasteiger partial charge in [-0.25, -0.2) is 37.0 Å². The van der Waals surface area contributed by atoms with E-state index < -0.39 is 33.1 Å². The number of nitrogens with two attached hydrogens (primary N) is 2. The van der Waals surface area contributed by atoms with Crippen LogP contribution in [0.1, 0.15) is 18.7 Å². The second-order valence-electron chi connectivity index (χ2n) is 9.29. The van der Waals surface area contributed by atoms with Crippen LogP contribution in [-0.4, -0.2) is 28.2 Å². The average Bonchev–Trinajstić information content (AvgIpc) is 3.33. The molecule has 0 saturated carbocycles. The van der Waals surface area contributed by atoms with Crippen LogP contribution in [0, 0.1) is 11.6 Å². The molecule has 3 aromatic heterocycles. The second-order valence-corrected chi connectivity index (χ2v) is 10.9. The maximum absolute atomic E-state index is 14.8. The third-order valence-electron chi connectivity index (χ3n) is 6.73. The second kappa shape index (κ2) is 9.57. The Kier molecular flexibility index (Phi) is 6.12. The Morgan fingerprint density at radius 3 is 2.39 bits per heavy atom. The zero-order chi connectivity index (χ0) is 29.1. The molecule has 0 aliphatic rings. The number of rotatable bonds is 5. The van der Waals surface area contributed by atoms with E-state index in [9.17, 15) is 22.0 Å². The van der Waals surface area contributed by atoms with Gasteiger partial charge < -0.3 is 10.2 Å². The number of fused-ring (bicyclic) bond motifs is 2. The molecule has 0 fully saturated rings. The van der Waals surface area contributed by atoms with Crippen LogP contribution in [0.25, 0.3) is 44.4 Å². The highest BCUT2D eigenvalue weighted by molar-refractivity contribution is 7.89. The van der Waals surface area contributed by atoms with Gasteiger partial charge in [0.15, 0.2) is 5.65 Å². The van der Waals surface area contributed by atoms with Gasteiger partial charge >= 0.3 is 0 Å². The van der Waals surface area contributed by atoms with E-state index in [1.54, 1.807) is 6.92 Å². The Bertz CT molecular complexity index is 2160. The van der Waals surface area contributed by atoms with Crippen molar-refractivity contribution in [2.75, 3.05) is 5.73 Å². The monoisotopic (exact) mass is 574 g/mol. The third kappa shape index (κ3) is 4.40. The SMILES string of the molecule is CC(c1oc2cccc(F)c2c(=O)c1-c1cccc(F)c1)n1nc(-c2ccc(S(N)(=O)=O)cc2)c2c(N)ncnc21. The maximum atomic E-state index is 14.8. The van der Waals surface area contributed by atoms with Gasteiger partial charge in [-0.05, 0) is 48.9 Å². The third-order valence-corrected chi connectivity index (χ3v) is 7.66. The maximum Gasteiger partial charge on any atom is 0.238 e. The fourth-order valence-electron chi connectivity index (χ4n) is 4.81. The highest BCUT2D eigenvalue weighted by Gasteiger charge is 2.28. The van der Waals surface area contributed by atoms with Crippen LogP contribution >= 0.6 is 0 Å². The van der Waals surface area contributed by atoms with Crippen molar-refractivity contribution < 1.29 is 21.6 Å². The minimum Gasteiger partial charge on any atom is -0.458 e. The molecule has 4 N–H and O–H groups in total. The number of sulfonamides is 1. The molecule has 0 aliphatic heterocycles. The van der Waals surface area contributed by atoms with Gasteiger partial charge in [0.1, 0.15) is 52.2 Å². The summed E-state index contributed by atoms with van der Waals surface area (Å²) in [5.74, 6) is -1.18. The van der Waals surface area contributed by atoms with Crippen molar-refractivity contribution in [2.45, 2.75) is 17.9 Å². The van der Waals surface area contributed by atoms with Gasteiger partial charge in [-0.2, -0.15) is 5.10 Å². The van der Waals surface area contributed by atoms with Crippen molar-refractivity contribution in [3.05, 3.63) is 101 Å². The van der Waals surface area contributed by atoms with E-state index in [0.29, 0.717) is 16.6 Å². The Morgan fingerprint density at radius 2 is 1.68 bits per heavy atom. The van der Waals surface area contributed by atoms with Crippen LogP contribution in [0.5, 0.6) is 0 Å². The minimum atomic E-state index is -3.93. The predicted octanol–water partition coefficient (Wildman–Crippen LogP) is 4.38. The fourth-order valence-corrected chi connectivity index (χ4v) is 5.32. The number of hydrogen-bond acceptors (Lipinski definition) is 8. The van der Waals surface area contributed by atoms with E-state index >= 15 is 0 Å². The summed E-state index contributed by atoms with van der Waals surface area (Å²) in [6.45, 7) is 1.69. The van der Waals surface area contributed by atoms with Crippen LogP contribution < -0.4 is 16.3 Å². The van der Waals surface area contributed by atoms with Crippen LogP contribution in [-0.2, 0) is 10.0 Å². The molecule has 1 atom stereocenters. The number of halogens is 2. The first-order chi connectivity index (χ1) is 19.5. The largest absolute Gasteiger partial charge is 0.458 e. The molecule has 1 unspecified atom stereocenters. The average molecular weight is 575 g/mol. The van der Waals surface area contributed by atoms with Gasteiger partial charge in [-0.15, -0.1) is 0 Å². The number of nitrogen functional groups attached to an aromatic ring is 1. The van der Waals surface area contributed by atoms with Crippen LogP contribution in [0.15, 0.2) is 87.2 Å². The fraction of sp³-hybridized carbons (Fsp3) is 0.0714. The van der Waals surface area contributed by atoms with Gasteiger partial charge in [0.2, 0.25) is 15.5 Å². The van der Waals surface area contributed by atoms with E-state index in [4.69, 9.17) is 20.4 Å². The summed E-state index contributed by atoms with van der Waals surface area (Å²) in [7, 11) is -3.93. The summed E-state index contributed by atoms with van der Waals surface area (Å²) in [5, 5.41) is 10.0. The lowest BCUT2D eigenvalue weighted by Gasteiger charge is -2.17. The summed E-state index contributed by atoms with van der Waals surface area (Å²) in [6.07, 6.45) is 1.25. The first-order valence-electron chi connectivity index (χ1n) is 12.2. The Morgan fingerprint density at radius 1 is 0.951 bits per heavy atom. The van der Waals surface area contributed by atoms with Crippen molar-refractivity contribution >= 4 is 37.8 Å². The number of anilines is 1. The molecule has 41 heavy (non-hydrogen) atoms. The topological polar surface area (TPSA) is 160 Å². The van der Waals surface area contributed by atoms with E-state index in [0.717, 1.165) is 12.1 Å². The Balaban J connectivity index is 1.62. The molecule has 3 heterocycles. The lowest BCUT2D eigenvalue weighted by atomic mass is 9.99. The Hall–Kier alpha value is -5.01.